The Kier molecular flexibility index (Phi) is 4.25. The molecule has 1 aromatic heterocycles. The second kappa shape index (κ2) is 7.21. The van der Waals surface area contributed by atoms with Crippen molar-refractivity contribution in [2.45, 2.75) is 0 Å². The van der Waals surface area contributed by atoms with Crippen molar-refractivity contribution in [1.29, 1.82) is 0 Å². The number of hydrogen-bond acceptors (Lipinski definition) is 8. The summed E-state index contributed by atoms with van der Waals surface area (Å²) in [4.78, 5) is 0. The molecule has 3 N–H and O–H groups in total. The molecule has 1 aliphatic rings. The molecule has 9 nitrogen and oxygen atoms in total. The van der Waals surface area contributed by atoms with Crippen LogP contribution in [0.1, 0.15) is 5.56 Å². The van der Waals surface area contributed by atoms with Gasteiger partial charge in [-0.25, -0.2) is 0 Å². The summed E-state index contributed by atoms with van der Waals surface area (Å²) in [6.07, 6.45) is 0. The Morgan fingerprint density at radius 2 is 1.30 bits per heavy atom. The van der Waals surface area contributed by atoms with Crippen LogP contribution in [0.5, 0.6) is 11.5 Å². The van der Waals surface area contributed by atoms with Crippen molar-refractivity contribution in [3.63, 3.8) is 0 Å². The summed E-state index contributed by atoms with van der Waals surface area (Å²) in [5, 5.41) is 45.7. The highest BCUT2D eigenvalue weighted by molar-refractivity contribution is 6.03. The molecule has 30 heavy (non-hydrogen) atoms. The fourth-order valence-electron chi connectivity index (χ4n) is 3.34. The van der Waals surface area contributed by atoms with Gasteiger partial charge < -0.3 is 10.2 Å². The molecule has 5 rings (SSSR count). The van der Waals surface area contributed by atoms with Gasteiger partial charge in [0.25, 0.3) is 0 Å². The SMILES string of the molecule is Oc1cc(-c2ccc(C3=NN=NC3)cc2)c(-c2ccc(-c3nn[nH]n3)cc2)cc1O. The molecule has 0 spiro atoms. The van der Waals surface area contributed by atoms with Crippen LogP contribution >= 0.6 is 0 Å². The van der Waals surface area contributed by atoms with Gasteiger partial charge in [-0.05, 0) is 50.4 Å². The van der Waals surface area contributed by atoms with E-state index in [1.807, 2.05) is 48.5 Å². The van der Waals surface area contributed by atoms with Gasteiger partial charge in [0.1, 0.15) is 6.54 Å². The van der Waals surface area contributed by atoms with E-state index >= 15 is 0 Å². The standard InChI is InChI=1S/C21H15N7O2/c29-19-9-16(12-1-5-14(6-2-12)18-11-22-26-23-18)17(10-20(19)30)13-3-7-15(8-4-13)21-24-27-28-25-21/h1-10,29-30H,11H2,(H,24,25,27,28). The maximum absolute atomic E-state index is 10.1. The van der Waals surface area contributed by atoms with E-state index in [4.69, 9.17) is 0 Å². The number of rotatable bonds is 4. The lowest BCUT2D eigenvalue weighted by atomic mass is 9.92. The number of tetrazole rings is 1. The molecule has 0 saturated carbocycles. The minimum absolute atomic E-state index is 0.181. The second-order valence-electron chi connectivity index (χ2n) is 6.71. The first kappa shape index (κ1) is 17.7. The van der Waals surface area contributed by atoms with Crippen LogP contribution in [0.2, 0.25) is 0 Å². The number of aromatic hydroxyl groups is 2. The molecular weight excluding hydrogens is 382 g/mol. The van der Waals surface area contributed by atoms with Crippen molar-refractivity contribution in [2.75, 3.05) is 6.54 Å². The molecule has 0 saturated heterocycles. The highest BCUT2D eigenvalue weighted by Crippen LogP contribution is 2.40. The average Bonchev–Trinajstić information content (AvgIpc) is 3.50. The molecule has 9 heteroatoms. The van der Waals surface area contributed by atoms with Gasteiger partial charge in [0, 0.05) is 5.56 Å². The van der Waals surface area contributed by atoms with Gasteiger partial charge in [0.15, 0.2) is 11.5 Å². The Bertz CT molecular complexity index is 1260. The summed E-state index contributed by atoms with van der Waals surface area (Å²) in [7, 11) is 0. The van der Waals surface area contributed by atoms with Crippen molar-refractivity contribution >= 4 is 5.71 Å². The maximum Gasteiger partial charge on any atom is 0.204 e. The first-order valence-electron chi connectivity index (χ1n) is 9.13. The van der Waals surface area contributed by atoms with Crippen molar-refractivity contribution in [3.05, 3.63) is 66.2 Å². The highest BCUT2D eigenvalue weighted by atomic mass is 16.3. The normalized spacial score (nSPS) is 12.9. The van der Waals surface area contributed by atoms with Crippen molar-refractivity contribution < 1.29 is 10.2 Å². The molecule has 2 heterocycles. The van der Waals surface area contributed by atoms with Crippen LogP contribution in [-0.4, -0.2) is 43.1 Å². The van der Waals surface area contributed by atoms with Crippen LogP contribution in [0, 0.1) is 0 Å². The zero-order valence-electron chi connectivity index (χ0n) is 15.6. The van der Waals surface area contributed by atoms with E-state index in [-0.39, 0.29) is 11.5 Å². The predicted octanol–water partition coefficient (Wildman–Crippen LogP) is 3.78. The number of phenolic OH excluding ortho intramolecular Hbond substituents is 2. The van der Waals surface area contributed by atoms with Crippen molar-refractivity contribution in [3.8, 4) is 45.1 Å². The van der Waals surface area contributed by atoms with Crippen LogP contribution < -0.4 is 0 Å². The maximum atomic E-state index is 10.1. The van der Waals surface area contributed by atoms with E-state index in [0.717, 1.165) is 39.1 Å². The Balaban J connectivity index is 1.55. The number of aromatic nitrogens is 4. The van der Waals surface area contributed by atoms with E-state index in [0.29, 0.717) is 12.4 Å². The van der Waals surface area contributed by atoms with Gasteiger partial charge in [0.05, 0.1) is 5.71 Å². The van der Waals surface area contributed by atoms with Gasteiger partial charge in [-0.3, -0.25) is 0 Å². The van der Waals surface area contributed by atoms with Gasteiger partial charge >= 0.3 is 0 Å². The summed E-state index contributed by atoms with van der Waals surface area (Å²) in [6, 6.07) is 18.5. The number of phenols is 2. The fraction of sp³-hybridized carbons (Fsp3) is 0.0476. The number of hydrogen-bond donors (Lipinski definition) is 3. The molecule has 0 amide bonds. The Labute approximate surface area is 170 Å². The van der Waals surface area contributed by atoms with Crippen LogP contribution in [0.4, 0.5) is 0 Å². The van der Waals surface area contributed by atoms with Gasteiger partial charge in [0.2, 0.25) is 5.82 Å². The largest absolute Gasteiger partial charge is 0.504 e. The third-order valence-corrected chi connectivity index (χ3v) is 4.89. The summed E-state index contributed by atoms with van der Waals surface area (Å²) in [5.41, 5.74) is 5.89. The number of nitrogens with one attached hydrogen (secondary N) is 1. The molecule has 0 atom stereocenters. The molecule has 146 valence electrons. The Hall–Kier alpha value is -4.40. The third-order valence-electron chi connectivity index (χ3n) is 4.89. The van der Waals surface area contributed by atoms with Gasteiger partial charge in [-0.15, -0.1) is 15.3 Å². The van der Waals surface area contributed by atoms with Gasteiger partial charge in [-0.2, -0.15) is 10.3 Å². The topological polar surface area (TPSA) is 132 Å². The second-order valence-corrected chi connectivity index (χ2v) is 6.71. The zero-order valence-corrected chi connectivity index (χ0v) is 15.6. The fourth-order valence-corrected chi connectivity index (χ4v) is 3.34. The molecule has 0 radical (unpaired) electrons. The molecule has 0 unspecified atom stereocenters. The van der Waals surface area contributed by atoms with E-state index in [1.54, 1.807) is 12.1 Å². The van der Waals surface area contributed by atoms with Crippen molar-refractivity contribution in [2.24, 2.45) is 15.4 Å². The third kappa shape index (κ3) is 3.18. The summed E-state index contributed by atoms with van der Waals surface area (Å²) >= 11 is 0. The monoisotopic (exact) mass is 397 g/mol. The van der Waals surface area contributed by atoms with Crippen molar-refractivity contribution in [1.82, 2.24) is 20.6 Å². The Morgan fingerprint density at radius 3 is 1.80 bits per heavy atom. The molecule has 0 bridgehead atoms. The quantitative estimate of drug-likeness (QED) is 0.451. The minimum Gasteiger partial charge on any atom is -0.504 e. The minimum atomic E-state index is -0.184. The summed E-state index contributed by atoms with van der Waals surface area (Å²) in [6.45, 7) is 0.470. The lowest BCUT2D eigenvalue weighted by Crippen LogP contribution is -2.00. The number of nitrogens with zero attached hydrogens (tertiary/aromatic N) is 6. The average molecular weight is 397 g/mol. The lowest BCUT2D eigenvalue weighted by Gasteiger charge is -2.13. The number of H-pyrrole nitrogens is 1. The smallest absolute Gasteiger partial charge is 0.204 e. The van der Waals surface area contributed by atoms with Crippen LogP contribution in [-0.2, 0) is 0 Å². The van der Waals surface area contributed by atoms with E-state index < -0.39 is 0 Å². The van der Waals surface area contributed by atoms with Crippen LogP contribution in [0.25, 0.3) is 33.6 Å². The lowest BCUT2D eigenvalue weighted by molar-refractivity contribution is 0.404. The van der Waals surface area contributed by atoms with Crippen LogP contribution in [0.15, 0.2) is 76.1 Å². The molecule has 0 fully saturated rings. The molecule has 1 aliphatic heterocycles. The van der Waals surface area contributed by atoms with E-state index in [9.17, 15) is 10.2 Å². The zero-order chi connectivity index (χ0) is 20.5. The van der Waals surface area contributed by atoms with Crippen LogP contribution in [0.3, 0.4) is 0 Å². The number of aromatic amines is 1. The molecule has 3 aromatic carbocycles. The predicted molar refractivity (Wildman–Crippen MR) is 110 cm³/mol. The highest BCUT2D eigenvalue weighted by Gasteiger charge is 2.14. The Morgan fingerprint density at radius 1 is 0.733 bits per heavy atom. The van der Waals surface area contributed by atoms with E-state index in [2.05, 4.69) is 36.1 Å². The summed E-state index contributed by atoms with van der Waals surface area (Å²) in [5.74, 6) is 0.134. The van der Waals surface area contributed by atoms with Gasteiger partial charge in [-0.1, -0.05) is 48.5 Å². The first-order valence-corrected chi connectivity index (χ1v) is 9.13. The summed E-state index contributed by atoms with van der Waals surface area (Å²) < 4.78 is 0. The molecule has 4 aromatic rings. The molecule has 0 aliphatic carbocycles. The van der Waals surface area contributed by atoms with E-state index in [1.165, 1.54) is 0 Å². The number of benzene rings is 3. The first-order chi connectivity index (χ1) is 14.7. The molecular formula is C21H15N7O2.